The molecule has 17 heavy (non-hydrogen) atoms. The highest BCUT2D eigenvalue weighted by Gasteiger charge is 2.13. The van der Waals surface area contributed by atoms with Crippen LogP contribution in [-0.4, -0.2) is 9.55 Å². The van der Waals surface area contributed by atoms with E-state index in [1.165, 1.54) is 0 Å². The second-order valence-electron chi connectivity index (χ2n) is 4.06. The van der Waals surface area contributed by atoms with Crippen LogP contribution in [0.4, 0.5) is 0 Å². The molecule has 2 rings (SSSR count). The van der Waals surface area contributed by atoms with Crippen LogP contribution in [0.2, 0.25) is 0 Å². The van der Waals surface area contributed by atoms with Crippen LogP contribution in [0.25, 0.3) is 10.9 Å². The molecule has 1 aromatic carbocycles. The summed E-state index contributed by atoms with van der Waals surface area (Å²) in [5, 5.41) is 0.692. The molecule has 0 N–H and O–H groups in total. The van der Waals surface area contributed by atoms with Gasteiger partial charge in [0.15, 0.2) is 0 Å². The number of alkyl halides is 1. The van der Waals surface area contributed by atoms with Crippen LogP contribution in [0.15, 0.2) is 29.1 Å². The molecule has 90 valence electrons. The van der Waals surface area contributed by atoms with Gasteiger partial charge in [0.05, 0.1) is 15.7 Å². The van der Waals surface area contributed by atoms with Gasteiger partial charge >= 0.3 is 0 Å². The first-order valence-corrected chi connectivity index (χ1v) is 6.70. The number of hydrogen-bond donors (Lipinski definition) is 0. The average molecular weight is 295 g/mol. The fourth-order valence-corrected chi connectivity index (χ4v) is 2.28. The first-order chi connectivity index (χ1) is 8.15. The van der Waals surface area contributed by atoms with Crippen molar-refractivity contribution in [1.29, 1.82) is 0 Å². The summed E-state index contributed by atoms with van der Waals surface area (Å²) in [5.41, 5.74) is 0.824. The molecular weight excluding hydrogens is 280 g/mol. The number of rotatable bonds is 3. The van der Waals surface area contributed by atoms with E-state index in [0.717, 1.165) is 17.8 Å². The van der Waals surface area contributed by atoms with Crippen molar-refractivity contribution in [1.82, 2.24) is 9.55 Å². The Labute approximate surface area is 109 Å². The third-order valence-electron chi connectivity index (χ3n) is 2.69. The highest BCUT2D eigenvalue weighted by Crippen LogP contribution is 2.20. The number of nitrogens with zero attached hydrogens (tertiary/aromatic N) is 2. The molecule has 1 atom stereocenters. The maximum atomic E-state index is 12.3. The summed E-state index contributed by atoms with van der Waals surface area (Å²) < 4.78 is 1.77. The normalized spacial score (nSPS) is 12.9. The molecule has 0 unspecified atom stereocenters. The van der Waals surface area contributed by atoms with Crippen LogP contribution in [0.5, 0.6) is 0 Å². The molecule has 0 saturated carbocycles. The monoisotopic (exact) mass is 294 g/mol. The number of fused-ring (bicyclic) bond motifs is 1. The van der Waals surface area contributed by atoms with Crippen molar-refractivity contribution in [2.24, 2.45) is 0 Å². The Bertz CT molecular complexity index is 589. The minimum atomic E-state index is 0.0544. The zero-order chi connectivity index (χ0) is 12.4. The molecular formula is C13H15BrN2O. The number of hydrogen-bond acceptors (Lipinski definition) is 2. The first-order valence-electron chi connectivity index (χ1n) is 5.78. The maximum Gasteiger partial charge on any atom is 0.261 e. The molecule has 1 heterocycles. The Hall–Kier alpha value is -1.16. The predicted octanol–water partition coefficient (Wildman–Crippen LogP) is 3.26. The van der Waals surface area contributed by atoms with Gasteiger partial charge < -0.3 is 0 Å². The maximum absolute atomic E-state index is 12.3. The summed E-state index contributed by atoms with van der Waals surface area (Å²) in [4.78, 5) is 17.0. The smallest absolute Gasteiger partial charge is 0.261 e. The van der Waals surface area contributed by atoms with Crippen LogP contribution < -0.4 is 5.56 Å². The van der Waals surface area contributed by atoms with Gasteiger partial charge in [0.1, 0.15) is 5.82 Å². The molecule has 0 saturated heterocycles. The summed E-state index contributed by atoms with van der Waals surface area (Å²) in [6.07, 6.45) is 0.923. The molecule has 1 aromatic heterocycles. The van der Waals surface area contributed by atoms with Gasteiger partial charge in [-0.25, -0.2) is 4.98 Å². The van der Waals surface area contributed by atoms with E-state index in [1.54, 1.807) is 4.57 Å². The number of aromatic nitrogens is 2. The van der Waals surface area contributed by atoms with E-state index < -0.39 is 0 Å². The van der Waals surface area contributed by atoms with Crippen LogP contribution in [0.3, 0.4) is 0 Å². The predicted molar refractivity (Wildman–Crippen MR) is 73.6 cm³/mol. The fraction of sp³-hybridized carbons (Fsp3) is 0.385. The van der Waals surface area contributed by atoms with E-state index in [9.17, 15) is 4.79 Å². The number of para-hydroxylation sites is 1. The van der Waals surface area contributed by atoms with Crippen molar-refractivity contribution < 1.29 is 0 Å². The van der Waals surface area contributed by atoms with Crippen molar-refractivity contribution in [3.05, 3.63) is 40.4 Å². The summed E-state index contributed by atoms with van der Waals surface area (Å²) in [5.74, 6) is 0.801. The molecule has 0 spiro atoms. The lowest BCUT2D eigenvalue weighted by Crippen LogP contribution is -2.25. The second-order valence-corrected chi connectivity index (χ2v) is 5.43. The van der Waals surface area contributed by atoms with Crippen LogP contribution >= 0.6 is 15.9 Å². The molecule has 0 fully saturated rings. The summed E-state index contributed by atoms with van der Waals surface area (Å²) in [6, 6.07) is 7.49. The molecule has 0 radical (unpaired) electrons. The quantitative estimate of drug-likeness (QED) is 0.815. The summed E-state index contributed by atoms with van der Waals surface area (Å²) >= 11 is 3.50. The van der Waals surface area contributed by atoms with Gasteiger partial charge in [-0.15, -0.1) is 0 Å². The van der Waals surface area contributed by atoms with Crippen molar-refractivity contribution in [2.75, 3.05) is 0 Å². The Morgan fingerprint density at radius 2 is 2.12 bits per heavy atom. The van der Waals surface area contributed by atoms with Gasteiger partial charge in [-0.3, -0.25) is 9.36 Å². The van der Waals surface area contributed by atoms with Gasteiger partial charge in [-0.1, -0.05) is 35.0 Å². The lowest BCUT2D eigenvalue weighted by atomic mass is 10.2. The average Bonchev–Trinajstić information content (AvgIpc) is 2.32. The molecule has 0 aliphatic carbocycles. The topological polar surface area (TPSA) is 34.9 Å². The molecule has 4 heteroatoms. The summed E-state index contributed by atoms with van der Waals surface area (Å²) in [7, 11) is 0. The third-order valence-corrected chi connectivity index (χ3v) is 3.10. The highest BCUT2D eigenvalue weighted by molar-refractivity contribution is 9.09. The third kappa shape index (κ3) is 2.27. The molecule has 2 aromatic rings. The lowest BCUT2D eigenvalue weighted by molar-refractivity contribution is 0.609. The number of halogens is 1. The Balaban J connectivity index is 2.79. The van der Waals surface area contributed by atoms with Gasteiger partial charge in [0.25, 0.3) is 5.56 Å². The van der Waals surface area contributed by atoms with E-state index in [2.05, 4.69) is 27.8 Å². The Morgan fingerprint density at radius 1 is 1.41 bits per heavy atom. The largest absolute Gasteiger partial charge is 0.295 e. The lowest BCUT2D eigenvalue weighted by Gasteiger charge is -2.14. The minimum Gasteiger partial charge on any atom is -0.295 e. The Morgan fingerprint density at radius 3 is 2.76 bits per heavy atom. The number of benzene rings is 1. The van der Waals surface area contributed by atoms with Gasteiger partial charge in [-0.2, -0.15) is 0 Å². The van der Waals surface area contributed by atoms with Crippen LogP contribution in [0.1, 0.15) is 30.9 Å². The van der Waals surface area contributed by atoms with E-state index in [4.69, 9.17) is 0 Å². The SMILES string of the molecule is CCCn1c([C@H](C)Br)nc2ccccc2c1=O. The van der Waals surface area contributed by atoms with Crippen molar-refractivity contribution in [2.45, 2.75) is 31.6 Å². The van der Waals surface area contributed by atoms with E-state index in [-0.39, 0.29) is 10.4 Å². The van der Waals surface area contributed by atoms with Gasteiger partial charge in [0.2, 0.25) is 0 Å². The zero-order valence-electron chi connectivity index (χ0n) is 9.98. The minimum absolute atomic E-state index is 0.0544. The second kappa shape index (κ2) is 5.00. The molecule has 0 bridgehead atoms. The Kier molecular flexibility index (Phi) is 3.62. The molecule has 0 aliphatic heterocycles. The van der Waals surface area contributed by atoms with Crippen molar-refractivity contribution in [3.63, 3.8) is 0 Å². The van der Waals surface area contributed by atoms with Gasteiger partial charge in [0, 0.05) is 6.54 Å². The van der Waals surface area contributed by atoms with Crippen LogP contribution in [-0.2, 0) is 6.54 Å². The highest BCUT2D eigenvalue weighted by atomic mass is 79.9. The zero-order valence-corrected chi connectivity index (χ0v) is 11.6. The summed E-state index contributed by atoms with van der Waals surface area (Å²) in [6.45, 7) is 4.76. The standard InChI is InChI=1S/C13H15BrN2O/c1-3-8-16-12(9(2)14)15-11-7-5-4-6-10(11)13(16)17/h4-7,9H,3,8H2,1-2H3/t9-/m0/s1. The van der Waals surface area contributed by atoms with E-state index >= 15 is 0 Å². The fourth-order valence-electron chi connectivity index (χ4n) is 1.93. The van der Waals surface area contributed by atoms with E-state index in [1.807, 2.05) is 31.2 Å². The first kappa shape index (κ1) is 12.3. The van der Waals surface area contributed by atoms with E-state index in [0.29, 0.717) is 11.9 Å². The van der Waals surface area contributed by atoms with Crippen LogP contribution in [0, 0.1) is 0 Å². The van der Waals surface area contributed by atoms with Crippen molar-refractivity contribution in [3.8, 4) is 0 Å². The molecule has 3 nitrogen and oxygen atoms in total. The molecule has 0 amide bonds. The van der Waals surface area contributed by atoms with Crippen molar-refractivity contribution >= 4 is 26.8 Å². The molecule has 0 aliphatic rings. The van der Waals surface area contributed by atoms with Gasteiger partial charge in [-0.05, 0) is 25.5 Å².